The van der Waals surface area contributed by atoms with Crippen LogP contribution in [0.2, 0.25) is 5.02 Å². The van der Waals surface area contributed by atoms with Gasteiger partial charge in [0.15, 0.2) is 16.8 Å². The Morgan fingerprint density at radius 3 is 2.47 bits per heavy atom. The van der Waals surface area contributed by atoms with Gasteiger partial charge in [0.05, 0.1) is 11.3 Å². The minimum atomic E-state index is -1.11. The summed E-state index contributed by atoms with van der Waals surface area (Å²) < 4.78 is 2.57. The third-order valence-electron chi connectivity index (χ3n) is 4.98. The summed E-state index contributed by atoms with van der Waals surface area (Å²) in [5, 5.41) is 23.1. The van der Waals surface area contributed by atoms with E-state index in [0.29, 0.717) is 17.1 Å². The van der Waals surface area contributed by atoms with Crippen molar-refractivity contribution < 1.29 is 9.90 Å². The Hall–Kier alpha value is -3.33. The molecule has 0 saturated carbocycles. The average molecular weight is 427 g/mol. The Bertz CT molecular complexity index is 1330. The van der Waals surface area contributed by atoms with Gasteiger partial charge in [-0.2, -0.15) is 9.61 Å². The number of nitrogens with zero attached hydrogens (tertiary/aromatic N) is 6. The highest BCUT2D eigenvalue weighted by atomic mass is 35.5. The van der Waals surface area contributed by atoms with Crippen LogP contribution in [0.4, 0.5) is 0 Å². The van der Waals surface area contributed by atoms with Crippen molar-refractivity contribution in [3.8, 4) is 11.1 Å². The molecular weight excluding hydrogens is 408 g/mol. The van der Waals surface area contributed by atoms with Gasteiger partial charge in [0.1, 0.15) is 12.4 Å². The molecule has 1 aromatic carbocycles. The molecule has 0 saturated heterocycles. The zero-order valence-corrected chi connectivity index (χ0v) is 17.3. The van der Waals surface area contributed by atoms with Crippen LogP contribution in [0.15, 0.2) is 35.4 Å². The number of hydrogen-bond acceptors (Lipinski definition) is 6. The minimum Gasteiger partial charge on any atom is -0.480 e. The summed E-state index contributed by atoms with van der Waals surface area (Å²) in [5.74, 6) is -1.43. The van der Waals surface area contributed by atoms with Gasteiger partial charge in [0.2, 0.25) is 0 Å². The predicted molar refractivity (Wildman–Crippen MR) is 112 cm³/mol. The molecule has 0 aliphatic rings. The van der Waals surface area contributed by atoms with Gasteiger partial charge < -0.3 is 5.11 Å². The summed E-state index contributed by atoms with van der Waals surface area (Å²) in [4.78, 5) is 29.0. The largest absolute Gasteiger partial charge is 0.480 e. The van der Waals surface area contributed by atoms with E-state index in [1.165, 1.54) is 10.8 Å². The van der Waals surface area contributed by atoms with Crippen molar-refractivity contribution in [3.63, 3.8) is 0 Å². The van der Waals surface area contributed by atoms with Crippen LogP contribution in [-0.4, -0.2) is 40.4 Å². The molecule has 0 spiro atoms. The lowest BCUT2D eigenvalue weighted by atomic mass is 10.0. The SMILES string of the molecule is CCc1nn2c(nnc3c(=O)n(C(C(=O)O)C(C)C)cnc32)c1-c1ccc(Cl)cc1. The summed E-state index contributed by atoms with van der Waals surface area (Å²) in [6.45, 7) is 5.42. The highest BCUT2D eigenvalue weighted by Crippen LogP contribution is 2.29. The van der Waals surface area contributed by atoms with Gasteiger partial charge in [0, 0.05) is 5.02 Å². The number of rotatable bonds is 5. The van der Waals surface area contributed by atoms with Gasteiger partial charge in [-0.3, -0.25) is 9.36 Å². The van der Waals surface area contributed by atoms with Crippen LogP contribution in [-0.2, 0) is 11.2 Å². The number of carbonyl (C=O) groups is 1. The third-order valence-corrected chi connectivity index (χ3v) is 5.24. The highest BCUT2D eigenvalue weighted by molar-refractivity contribution is 6.30. The van der Waals surface area contributed by atoms with E-state index in [1.54, 1.807) is 26.0 Å². The number of halogens is 1. The summed E-state index contributed by atoms with van der Waals surface area (Å²) >= 11 is 6.01. The fourth-order valence-electron chi connectivity index (χ4n) is 3.56. The van der Waals surface area contributed by atoms with Crippen LogP contribution in [0.5, 0.6) is 0 Å². The Morgan fingerprint density at radius 2 is 1.87 bits per heavy atom. The molecule has 9 nitrogen and oxygen atoms in total. The molecule has 0 aliphatic heterocycles. The fraction of sp³-hybridized carbons (Fsp3) is 0.300. The molecule has 1 unspecified atom stereocenters. The molecule has 10 heteroatoms. The molecular formula is C20H19ClN6O3. The first-order valence-electron chi connectivity index (χ1n) is 9.47. The van der Waals surface area contributed by atoms with Crippen molar-refractivity contribution in [1.29, 1.82) is 0 Å². The molecule has 0 radical (unpaired) electrons. The van der Waals surface area contributed by atoms with E-state index >= 15 is 0 Å². The molecule has 30 heavy (non-hydrogen) atoms. The number of hydrogen-bond donors (Lipinski definition) is 1. The van der Waals surface area contributed by atoms with E-state index in [2.05, 4.69) is 20.3 Å². The number of aromatic nitrogens is 6. The van der Waals surface area contributed by atoms with Crippen molar-refractivity contribution in [2.75, 3.05) is 0 Å². The maximum Gasteiger partial charge on any atom is 0.327 e. The van der Waals surface area contributed by atoms with Gasteiger partial charge in [-0.15, -0.1) is 10.2 Å². The predicted octanol–water partition coefficient (Wildman–Crippen LogP) is 3.00. The quantitative estimate of drug-likeness (QED) is 0.521. The van der Waals surface area contributed by atoms with Gasteiger partial charge in [-0.25, -0.2) is 9.78 Å². The molecule has 1 atom stereocenters. The summed E-state index contributed by atoms with van der Waals surface area (Å²) in [6.07, 6.45) is 1.87. The molecule has 4 rings (SSSR count). The van der Waals surface area contributed by atoms with Crippen LogP contribution >= 0.6 is 11.6 Å². The number of carboxylic acids is 1. The van der Waals surface area contributed by atoms with E-state index < -0.39 is 17.6 Å². The lowest BCUT2D eigenvalue weighted by Gasteiger charge is -2.18. The summed E-state index contributed by atoms with van der Waals surface area (Å²) in [6, 6.07) is 6.25. The van der Waals surface area contributed by atoms with E-state index in [4.69, 9.17) is 11.6 Å². The molecule has 1 N–H and O–H groups in total. The minimum absolute atomic E-state index is 0.0373. The first-order valence-corrected chi connectivity index (χ1v) is 9.85. The zero-order chi connectivity index (χ0) is 21.6. The lowest BCUT2D eigenvalue weighted by molar-refractivity contribution is -0.142. The normalized spacial score (nSPS) is 12.7. The lowest BCUT2D eigenvalue weighted by Crippen LogP contribution is -2.34. The van der Waals surface area contributed by atoms with Gasteiger partial charge in [-0.05, 0) is 30.0 Å². The number of aliphatic carboxylic acids is 1. The van der Waals surface area contributed by atoms with E-state index in [1.807, 2.05) is 19.1 Å². The highest BCUT2D eigenvalue weighted by Gasteiger charge is 2.27. The van der Waals surface area contributed by atoms with Crippen LogP contribution in [0.1, 0.15) is 32.5 Å². The van der Waals surface area contributed by atoms with Crippen molar-refractivity contribution >= 4 is 34.4 Å². The number of fused-ring (bicyclic) bond motifs is 3. The molecule has 0 bridgehead atoms. The Labute approximate surface area is 176 Å². The summed E-state index contributed by atoms with van der Waals surface area (Å²) in [5.41, 5.74) is 2.52. The van der Waals surface area contributed by atoms with Crippen molar-refractivity contribution in [2.24, 2.45) is 5.92 Å². The second-order valence-corrected chi connectivity index (χ2v) is 7.71. The molecule has 3 aromatic heterocycles. The fourth-order valence-corrected chi connectivity index (χ4v) is 3.69. The van der Waals surface area contributed by atoms with E-state index in [0.717, 1.165) is 21.4 Å². The van der Waals surface area contributed by atoms with Crippen LogP contribution in [0, 0.1) is 5.92 Å². The second-order valence-electron chi connectivity index (χ2n) is 7.27. The number of benzene rings is 1. The van der Waals surface area contributed by atoms with Crippen molar-refractivity contribution in [1.82, 2.24) is 29.4 Å². The van der Waals surface area contributed by atoms with E-state index in [9.17, 15) is 14.7 Å². The van der Waals surface area contributed by atoms with Gasteiger partial charge >= 0.3 is 5.97 Å². The number of aryl methyl sites for hydroxylation is 1. The first kappa shape index (κ1) is 20.0. The maximum absolute atomic E-state index is 13.0. The molecule has 0 aliphatic carbocycles. The Kier molecular flexibility index (Phi) is 4.98. The zero-order valence-electron chi connectivity index (χ0n) is 16.6. The molecule has 3 heterocycles. The second kappa shape index (κ2) is 7.49. The smallest absolute Gasteiger partial charge is 0.327 e. The summed E-state index contributed by atoms with van der Waals surface area (Å²) in [7, 11) is 0. The standard InChI is InChI=1S/C20H19ClN6O3/c1-4-13-14(11-5-7-12(21)8-6-11)17-24-23-15-18(27(17)25-13)22-9-26(19(15)28)16(10(2)3)20(29)30/h5-10,16H,4H2,1-3H3,(H,29,30). The van der Waals surface area contributed by atoms with Crippen LogP contribution in [0.3, 0.4) is 0 Å². The topological polar surface area (TPSA) is 115 Å². The monoisotopic (exact) mass is 426 g/mol. The van der Waals surface area contributed by atoms with Crippen LogP contribution in [0.25, 0.3) is 27.9 Å². The molecule has 0 fully saturated rings. The van der Waals surface area contributed by atoms with Gasteiger partial charge in [-0.1, -0.05) is 44.5 Å². The average Bonchev–Trinajstić information content (AvgIpc) is 3.09. The molecule has 154 valence electrons. The Balaban J connectivity index is 1.99. The number of carboxylic acid groups (broad SMARTS) is 1. The van der Waals surface area contributed by atoms with Gasteiger partial charge in [0.25, 0.3) is 5.56 Å². The third kappa shape index (κ3) is 3.11. The maximum atomic E-state index is 13.0. The van der Waals surface area contributed by atoms with Crippen LogP contribution < -0.4 is 5.56 Å². The molecule has 4 aromatic rings. The van der Waals surface area contributed by atoms with E-state index in [-0.39, 0.29) is 17.1 Å². The molecule has 0 amide bonds. The Morgan fingerprint density at radius 1 is 1.17 bits per heavy atom. The van der Waals surface area contributed by atoms with Crippen molar-refractivity contribution in [3.05, 3.63) is 51.7 Å². The first-order chi connectivity index (χ1) is 14.3. The van der Waals surface area contributed by atoms with Crippen molar-refractivity contribution in [2.45, 2.75) is 33.2 Å².